The van der Waals surface area contributed by atoms with Crippen LogP contribution < -0.4 is 9.64 Å². The normalized spacial score (nSPS) is 14.2. The molecule has 9 aromatic carbocycles. The molecule has 1 spiro atoms. The van der Waals surface area contributed by atoms with Crippen LogP contribution in [-0.4, -0.2) is 0 Å². The lowest BCUT2D eigenvalue weighted by atomic mass is 9.70. The van der Waals surface area contributed by atoms with E-state index < -0.39 is 5.41 Å². The van der Waals surface area contributed by atoms with Gasteiger partial charge in [-0.1, -0.05) is 184 Å². The van der Waals surface area contributed by atoms with Gasteiger partial charge in [0.15, 0.2) is 0 Å². The fourth-order valence-corrected chi connectivity index (χ4v) is 10.8. The van der Waals surface area contributed by atoms with Crippen molar-refractivity contribution < 1.29 is 4.74 Å². The summed E-state index contributed by atoms with van der Waals surface area (Å²) in [4.78, 5) is 2.35. The summed E-state index contributed by atoms with van der Waals surface area (Å²) in [6.07, 6.45) is 0. The lowest BCUT2D eigenvalue weighted by molar-refractivity contribution is 0.418. The smallest absolute Gasteiger partial charge is 0.133 e. The van der Waals surface area contributed by atoms with E-state index in [2.05, 4.69) is 231 Å². The van der Waals surface area contributed by atoms with Crippen molar-refractivity contribution in [2.75, 3.05) is 4.90 Å². The van der Waals surface area contributed by atoms with Crippen LogP contribution in [0.1, 0.15) is 47.2 Å². The second kappa shape index (κ2) is 13.0. The standard InChI is InChI=1S/C58H41NO/c1-57(2)51-31-14-15-33-54(51)60-55-37-41(34-35-52(55)57)59(39-19-4-3-5-20-39)40-21-16-18-38(36-40)42-22-6-7-23-43(42)46-27-17-32-53-56(46)47-26-10-13-30-50(47)58(53)48-28-11-8-24-44(48)45-25-9-12-29-49(45)58/h3-37H,1-2H3. The maximum Gasteiger partial charge on any atom is 0.133 e. The third-order valence-corrected chi connectivity index (χ3v) is 13.3. The molecule has 12 rings (SSSR count). The van der Waals surface area contributed by atoms with E-state index in [1.54, 1.807) is 0 Å². The minimum Gasteiger partial charge on any atom is -0.457 e. The molecule has 1 aliphatic heterocycles. The molecule has 2 heteroatoms. The third kappa shape index (κ3) is 4.82. The number of hydrogen-bond donors (Lipinski definition) is 0. The first-order chi connectivity index (χ1) is 29.5. The number of benzene rings is 9. The maximum atomic E-state index is 6.64. The van der Waals surface area contributed by atoms with E-state index >= 15 is 0 Å². The van der Waals surface area contributed by atoms with E-state index in [4.69, 9.17) is 4.74 Å². The Morgan fingerprint density at radius 2 is 0.833 bits per heavy atom. The highest BCUT2D eigenvalue weighted by atomic mass is 16.5. The van der Waals surface area contributed by atoms with Crippen molar-refractivity contribution in [3.05, 3.63) is 246 Å². The van der Waals surface area contributed by atoms with Crippen LogP contribution in [0.15, 0.2) is 212 Å². The molecule has 0 saturated heterocycles. The largest absolute Gasteiger partial charge is 0.457 e. The van der Waals surface area contributed by atoms with E-state index in [-0.39, 0.29) is 5.41 Å². The predicted molar refractivity (Wildman–Crippen MR) is 247 cm³/mol. The molecule has 0 radical (unpaired) electrons. The summed E-state index contributed by atoms with van der Waals surface area (Å²) in [6.45, 7) is 4.57. The summed E-state index contributed by atoms with van der Waals surface area (Å²) in [5.41, 5.74) is 20.5. The summed E-state index contributed by atoms with van der Waals surface area (Å²) < 4.78 is 6.64. The Morgan fingerprint density at radius 1 is 0.333 bits per heavy atom. The highest BCUT2D eigenvalue weighted by Crippen LogP contribution is 2.64. The lowest BCUT2D eigenvalue weighted by Crippen LogP contribution is -2.25. The van der Waals surface area contributed by atoms with Gasteiger partial charge in [-0.25, -0.2) is 0 Å². The number of anilines is 3. The third-order valence-electron chi connectivity index (χ3n) is 13.3. The molecule has 0 atom stereocenters. The minimum atomic E-state index is -0.393. The van der Waals surface area contributed by atoms with Gasteiger partial charge in [-0.15, -0.1) is 0 Å². The Balaban J connectivity index is 1.02. The first kappa shape index (κ1) is 34.6. The molecule has 0 unspecified atom stereocenters. The quantitative estimate of drug-likeness (QED) is 0.173. The average molecular weight is 768 g/mol. The minimum absolute atomic E-state index is 0.188. The van der Waals surface area contributed by atoms with Crippen LogP contribution >= 0.6 is 0 Å². The average Bonchev–Trinajstić information content (AvgIpc) is 3.77. The van der Waals surface area contributed by atoms with Gasteiger partial charge in [0, 0.05) is 39.7 Å². The molecule has 1 heterocycles. The van der Waals surface area contributed by atoms with Crippen LogP contribution in [0.25, 0.3) is 44.5 Å². The zero-order valence-electron chi connectivity index (χ0n) is 33.6. The number of hydrogen-bond acceptors (Lipinski definition) is 2. The summed E-state index contributed by atoms with van der Waals surface area (Å²) in [5, 5.41) is 0. The van der Waals surface area contributed by atoms with Gasteiger partial charge in [-0.3, -0.25) is 0 Å². The van der Waals surface area contributed by atoms with Crippen molar-refractivity contribution >= 4 is 17.1 Å². The molecule has 2 aliphatic carbocycles. The van der Waals surface area contributed by atoms with E-state index in [1.165, 1.54) is 72.3 Å². The first-order valence-electron chi connectivity index (χ1n) is 20.9. The Labute approximate surface area is 351 Å². The molecule has 2 nitrogen and oxygen atoms in total. The molecule has 0 bridgehead atoms. The van der Waals surface area contributed by atoms with Gasteiger partial charge in [0.1, 0.15) is 11.5 Å². The van der Waals surface area contributed by atoms with Gasteiger partial charge in [0.05, 0.1) is 5.41 Å². The Hall–Kier alpha value is -7.42. The van der Waals surface area contributed by atoms with Crippen LogP contribution in [0, 0.1) is 0 Å². The van der Waals surface area contributed by atoms with Gasteiger partial charge in [0.2, 0.25) is 0 Å². The fraction of sp³-hybridized carbons (Fsp3) is 0.0690. The Kier molecular flexibility index (Phi) is 7.52. The highest BCUT2D eigenvalue weighted by Gasteiger charge is 2.52. The van der Waals surface area contributed by atoms with E-state index in [9.17, 15) is 0 Å². The maximum absolute atomic E-state index is 6.64. The van der Waals surface area contributed by atoms with Crippen LogP contribution in [0.4, 0.5) is 17.1 Å². The summed E-state index contributed by atoms with van der Waals surface area (Å²) >= 11 is 0. The first-order valence-corrected chi connectivity index (χ1v) is 20.9. The second-order valence-electron chi connectivity index (χ2n) is 16.8. The molecule has 9 aromatic rings. The van der Waals surface area contributed by atoms with Crippen molar-refractivity contribution in [1.29, 1.82) is 0 Å². The Bertz CT molecular complexity index is 3130. The van der Waals surface area contributed by atoms with Crippen LogP contribution in [-0.2, 0) is 10.8 Å². The van der Waals surface area contributed by atoms with Gasteiger partial charge >= 0.3 is 0 Å². The van der Waals surface area contributed by atoms with Crippen LogP contribution in [0.5, 0.6) is 11.5 Å². The zero-order valence-corrected chi connectivity index (χ0v) is 33.6. The number of rotatable bonds is 5. The lowest BCUT2D eigenvalue weighted by Gasteiger charge is -2.35. The molecule has 284 valence electrons. The second-order valence-corrected chi connectivity index (χ2v) is 16.8. The number of para-hydroxylation sites is 2. The Morgan fingerprint density at radius 3 is 1.57 bits per heavy atom. The van der Waals surface area contributed by atoms with Gasteiger partial charge in [0.25, 0.3) is 0 Å². The summed E-state index contributed by atoms with van der Waals surface area (Å²) in [7, 11) is 0. The molecule has 0 amide bonds. The highest BCUT2D eigenvalue weighted by molar-refractivity contribution is 6.02. The molecule has 0 saturated carbocycles. The van der Waals surface area contributed by atoms with Gasteiger partial charge in [-0.05, 0) is 103 Å². The molecule has 0 N–H and O–H groups in total. The van der Waals surface area contributed by atoms with Gasteiger partial charge < -0.3 is 9.64 Å². The van der Waals surface area contributed by atoms with Crippen molar-refractivity contribution in [3.8, 4) is 56.0 Å². The van der Waals surface area contributed by atoms with Crippen LogP contribution in [0.2, 0.25) is 0 Å². The molecule has 3 aliphatic rings. The van der Waals surface area contributed by atoms with Crippen molar-refractivity contribution in [2.45, 2.75) is 24.7 Å². The number of ether oxygens (including phenoxy) is 1. The summed E-state index contributed by atoms with van der Waals surface area (Å²) in [5.74, 6) is 1.81. The molecule has 60 heavy (non-hydrogen) atoms. The molecule has 0 aromatic heterocycles. The summed E-state index contributed by atoms with van der Waals surface area (Å²) in [6, 6.07) is 77.8. The van der Waals surface area contributed by atoms with E-state index in [0.717, 1.165) is 34.1 Å². The van der Waals surface area contributed by atoms with Crippen molar-refractivity contribution in [2.24, 2.45) is 0 Å². The zero-order chi connectivity index (χ0) is 40.0. The molecular formula is C58H41NO. The van der Waals surface area contributed by atoms with Crippen molar-refractivity contribution in [1.82, 2.24) is 0 Å². The van der Waals surface area contributed by atoms with E-state index in [0.29, 0.717) is 0 Å². The number of nitrogens with zero attached hydrogens (tertiary/aromatic N) is 1. The molecular weight excluding hydrogens is 727 g/mol. The number of fused-ring (bicyclic) bond motifs is 12. The van der Waals surface area contributed by atoms with E-state index in [1.807, 2.05) is 0 Å². The topological polar surface area (TPSA) is 12.5 Å². The van der Waals surface area contributed by atoms with Crippen molar-refractivity contribution in [3.63, 3.8) is 0 Å². The molecule has 0 fully saturated rings. The van der Waals surface area contributed by atoms with Crippen LogP contribution in [0.3, 0.4) is 0 Å². The van der Waals surface area contributed by atoms with Gasteiger partial charge in [-0.2, -0.15) is 0 Å². The fourth-order valence-electron chi connectivity index (χ4n) is 10.8. The monoisotopic (exact) mass is 767 g/mol. The SMILES string of the molecule is CC1(C)c2ccccc2Oc2cc(N(c3ccccc3)c3cccc(-c4ccccc4-c4cccc5c4-c4ccccc4C54c5ccccc5-c5ccccc54)c3)ccc21. The predicted octanol–water partition coefficient (Wildman–Crippen LogP) is 15.3.